The second-order valence-electron chi connectivity index (χ2n) is 6.47. The van der Waals surface area contributed by atoms with Crippen molar-refractivity contribution in [1.82, 2.24) is 5.32 Å². The molecule has 0 unspecified atom stereocenters. The molecule has 8 heteroatoms. The summed E-state index contributed by atoms with van der Waals surface area (Å²) in [5, 5.41) is 1.66. The van der Waals surface area contributed by atoms with E-state index in [1.807, 2.05) is 13.8 Å². The quantitative estimate of drug-likeness (QED) is 0.795. The molecule has 0 saturated heterocycles. The molecule has 1 N–H and O–H groups in total. The maximum atomic E-state index is 13.2. The van der Waals surface area contributed by atoms with E-state index in [-0.39, 0.29) is 35.8 Å². The number of benzene rings is 1. The predicted octanol–water partition coefficient (Wildman–Crippen LogP) is 2.69. The third-order valence-corrected chi connectivity index (χ3v) is 6.05. The number of furan rings is 1. The number of carbonyl (C=O) groups excluding carboxylic acids is 1. The smallest absolute Gasteiger partial charge is 0.231 e. The number of fused-ring (bicyclic) bond motifs is 1. The second-order valence-corrected chi connectivity index (χ2v) is 8.60. The van der Waals surface area contributed by atoms with Gasteiger partial charge in [0.1, 0.15) is 11.0 Å². The van der Waals surface area contributed by atoms with Gasteiger partial charge in [0.15, 0.2) is 21.3 Å². The third-order valence-electron chi connectivity index (χ3n) is 3.99. The van der Waals surface area contributed by atoms with Crippen LogP contribution in [0.25, 0.3) is 0 Å². The van der Waals surface area contributed by atoms with E-state index >= 15 is 0 Å². The molecule has 0 spiro atoms. The highest BCUT2D eigenvalue weighted by Gasteiger charge is 2.33. The number of hydrogen-bond donors (Lipinski definition) is 1. The van der Waals surface area contributed by atoms with E-state index < -0.39 is 15.1 Å². The number of amides is 1. The van der Waals surface area contributed by atoms with Crippen molar-refractivity contribution in [3.05, 3.63) is 42.4 Å². The number of sulfone groups is 1. The lowest BCUT2D eigenvalue weighted by Gasteiger charge is -2.17. The fourth-order valence-corrected chi connectivity index (χ4v) is 4.31. The third kappa shape index (κ3) is 3.85. The summed E-state index contributed by atoms with van der Waals surface area (Å²) >= 11 is 0. The zero-order valence-electron chi connectivity index (χ0n) is 14.6. The van der Waals surface area contributed by atoms with Crippen LogP contribution in [-0.2, 0) is 14.6 Å². The summed E-state index contributed by atoms with van der Waals surface area (Å²) in [5.74, 6) is 1.14. The Labute approximate surface area is 152 Å². The first kappa shape index (κ1) is 18.3. The normalized spacial score (nSPS) is 14.4. The molecule has 2 heterocycles. The van der Waals surface area contributed by atoms with Crippen LogP contribution in [0.2, 0.25) is 0 Å². The van der Waals surface area contributed by atoms with Crippen LogP contribution in [0, 0.1) is 5.92 Å². The topological polar surface area (TPSA) is 94.8 Å². The minimum Gasteiger partial charge on any atom is -0.468 e. The van der Waals surface area contributed by atoms with E-state index in [4.69, 9.17) is 13.9 Å². The molecule has 0 saturated carbocycles. The standard InChI is InChI=1S/C18H21NO6S/c1-12(2)8-18(20)19-10-17(15-4-3-7-23-15)26(21,22)13-5-6-14-16(9-13)25-11-24-14/h3-7,9,12,17H,8,10-11H2,1-2H3,(H,19,20)/t17-/m0/s1. The number of nitrogens with one attached hydrogen (secondary N) is 1. The first-order chi connectivity index (χ1) is 12.4. The predicted molar refractivity (Wildman–Crippen MR) is 93.7 cm³/mol. The minimum absolute atomic E-state index is 0.0612. The average Bonchev–Trinajstić information content (AvgIpc) is 3.25. The Morgan fingerprint density at radius 1 is 1.19 bits per heavy atom. The van der Waals surface area contributed by atoms with Crippen molar-refractivity contribution in [1.29, 1.82) is 0 Å². The summed E-state index contributed by atoms with van der Waals surface area (Å²) in [6.07, 6.45) is 1.74. The van der Waals surface area contributed by atoms with E-state index in [0.29, 0.717) is 17.9 Å². The van der Waals surface area contributed by atoms with E-state index in [9.17, 15) is 13.2 Å². The first-order valence-electron chi connectivity index (χ1n) is 8.31. The second kappa shape index (κ2) is 7.41. The van der Waals surface area contributed by atoms with Gasteiger partial charge in [0.25, 0.3) is 0 Å². The fourth-order valence-electron chi connectivity index (χ4n) is 2.71. The molecule has 0 radical (unpaired) electrons. The summed E-state index contributed by atoms with van der Waals surface area (Å²) in [4.78, 5) is 12.1. The van der Waals surface area contributed by atoms with Crippen LogP contribution in [0.4, 0.5) is 0 Å². The van der Waals surface area contributed by atoms with Gasteiger partial charge in [0.2, 0.25) is 12.7 Å². The first-order valence-corrected chi connectivity index (χ1v) is 9.86. The molecule has 0 fully saturated rings. The molecule has 1 atom stereocenters. The van der Waals surface area contributed by atoms with Crippen LogP contribution in [0.15, 0.2) is 45.9 Å². The van der Waals surface area contributed by atoms with Crippen molar-refractivity contribution in [3.63, 3.8) is 0 Å². The van der Waals surface area contributed by atoms with Crippen molar-refractivity contribution in [2.45, 2.75) is 30.4 Å². The highest BCUT2D eigenvalue weighted by molar-refractivity contribution is 7.91. The zero-order chi connectivity index (χ0) is 18.7. The Balaban J connectivity index is 1.87. The van der Waals surface area contributed by atoms with Crippen LogP contribution in [0.3, 0.4) is 0 Å². The Morgan fingerprint density at radius 2 is 1.96 bits per heavy atom. The summed E-state index contributed by atoms with van der Waals surface area (Å²) in [7, 11) is -3.81. The van der Waals surface area contributed by atoms with E-state index in [1.54, 1.807) is 18.2 Å². The molecular weight excluding hydrogens is 358 g/mol. The van der Waals surface area contributed by atoms with Gasteiger partial charge in [-0.15, -0.1) is 0 Å². The van der Waals surface area contributed by atoms with Crippen molar-refractivity contribution in [3.8, 4) is 11.5 Å². The van der Waals surface area contributed by atoms with E-state index in [0.717, 1.165) is 0 Å². The number of rotatable bonds is 7. The molecule has 3 rings (SSSR count). The number of hydrogen-bond acceptors (Lipinski definition) is 6. The SMILES string of the molecule is CC(C)CC(=O)NC[C@@H](c1ccco1)S(=O)(=O)c1ccc2c(c1)OCO2. The van der Waals surface area contributed by atoms with Crippen molar-refractivity contribution in [2.24, 2.45) is 5.92 Å². The Morgan fingerprint density at radius 3 is 2.65 bits per heavy atom. The summed E-state index contributed by atoms with van der Waals surface area (Å²) in [5.41, 5.74) is 0. The van der Waals surface area contributed by atoms with Crippen LogP contribution in [0.1, 0.15) is 31.3 Å². The largest absolute Gasteiger partial charge is 0.468 e. The molecule has 0 aliphatic carbocycles. The van der Waals surface area contributed by atoms with Gasteiger partial charge in [-0.2, -0.15) is 0 Å². The van der Waals surface area contributed by atoms with Gasteiger partial charge in [-0.3, -0.25) is 4.79 Å². The van der Waals surface area contributed by atoms with Gasteiger partial charge in [0.05, 0.1) is 11.2 Å². The number of ether oxygens (including phenoxy) is 2. The monoisotopic (exact) mass is 379 g/mol. The molecule has 0 bridgehead atoms. The Kier molecular flexibility index (Phi) is 5.22. The van der Waals surface area contributed by atoms with Gasteiger partial charge in [-0.05, 0) is 30.2 Å². The van der Waals surface area contributed by atoms with Gasteiger partial charge in [0, 0.05) is 19.0 Å². The summed E-state index contributed by atoms with van der Waals surface area (Å²) in [6.45, 7) is 3.83. The fraction of sp³-hybridized carbons (Fsp3) is 0.389. The van der Waals surface area contributed by atoms with E-state index in [2.05, 4.69) is 5.32 Å². The highest BCUT2D eigenvalue weighted by Crippen LogP contribution is 2.37. The van der Waals surface area contributed by atoms with Crippen LogP contribution >= 0.6 is 0 Å². The lowest BCUT2D eigenvalue weighted by molar-refractivity contribution is -0.121. The molecule has 1 amide bonds. The van der Waals surface area contributed by atoms with Gasteiger partial charge < -0.3 is 19.2 Å². The maximum Gasteiger partial charge on any atom is 0.231 e. The summed E-state index contributed by atoms with van der Waals surface area (Å²) in [6, 6.07) is 7.67. The summed E-state index contributed by atoms with van der Waals surface area (Å²) < 4.78 is 42.1. The maximum absolute atomic E-state index is 13.2. The van der Waals surface area contributed by atoms with Gasteiger partial charge in [-0.25, -0.2) is 8.42 Å². The van der Waals surface area contributed by atoms with Crippen molar-refractivity contribution >= 4 is 15.7 Å². The van der Waals surface area contributed by atoms with E-state index in [1.165, 1.54) is 18.4 Å². The average molecular weight is 379 g/mol. The molecule has 1 aromatic carbocycles. The molecule has 1 aromatic heterocycles. The Hall–Kier alpha value is -2.48. The molecule has 140 valence electrons. The molecule has 26 heavy (non-hydrogen) atoms. The lowest BCUT2D eigenvalue weighted by atomic mass is 10.1. The van der Waals surface area contributed by atoms with Crippen molar-refractivity contribution < 1.29 is 27.1 Å². The Bertz CT molecular complexity index is 873. The minimum atomic E-state index is -3.81. The lowest BCUT2D eigenvalue weighted by Crippen LogP contribution is -2.32. The molecule has 1 aliphatic rings. The molecule has 7 nitrogen and oxygen atoms in total. The van der Waals surface area contributed by atoms with Gasteiger partial charge in [-0.1, -0.05) is 13.8 Å². The van der Waals surface area contributed by atoms with Gasteiger partial charge >= 0.3 is 0 Å². The highest BCUT2D eigenvalue weighted by atomic mass is 32.2. The molecule has 2 aromatic rings. The van der Waals surface area contributed by atoms with Crippen LogP contribution in [-0.4, -0.2) is 27.7 Å². The van der Waals surface area contributed by atoms with Crippen LogP contribution in [0.5, 0.6) is 11.5 Å². The number of carbonyl (C=O) groups is 1. The molecule has 1 aliphatic heterocycles. The van der Waals surface area contributed by atoms with Crippen molar-refractivity contribution in [2.75, 3.05) is 13.3 Å². The van der Waals surface area contributed by atoms with Crippen LogP contribution < -0.4 is 14.8 Å². The zero-order valence-corrected chi connectivity index (χ0v) is 15.4. The molecular formula is C18H21NO6S.